The van der Waals surface area contributed by atoms with Crippen molar-refractivity contribution in [3.63, 3.8) is 0 Å². The van der Waals surface area contributed by atoms with Crippen molar-refractivity contribution in [2.45, 2.75) is 33.3 Å². The summed E-state index contributed by atoms with van der Waals surface area (Å²) in [6.45, 7) is 4.31. The third kappa shape index (κ3) is 2.71. The van der Waals surface area contributed by atoms with Crippen molar-refractivity contribution in [2.75, 3.05) is 0 Å². The van der Waals surface area contributed by atoms with Gasteiger partial charge in [0.05, 0.1) is 6.61 Å². The van der Waals surface area contributed by atoms with Crippen molar-refractivity contribution >= 4 is 6.08 Å². The Bertz CT molecular complexity index is 313. The van der Waals surface area contributed by atoms with Gasteiger partial charge in [0.25, 0.3) is 0 Å². The van der Waals surface area contributed by atoms with Gasteiger partial charge in [0.2, 0.25) is 0 Å². The van der Waals surface area contributed by atoms with Gasteiger partial charge in [-0.2, -0.15) is 0 Å². The molecule has 0 amide bonds. The standard InChI is InChI=1S/C13H18O/c1-3-4-5-8-12-9-6-7-11(2)13(12)10-14/h5-9,14H,3-4,10H2,1-2H3/b8-5+. The molecule has 0 aliphatic heterocycles. The molecule has 0 fully saturated rings. The first-order valence-corrected chi connectivity index (χ1v) is 5.15. The molecule has 76 valence electrons. The van der Waals surface area contributed by atoms with Crippen LogP contribution in [0.3, 0.4) is 0 Å². The number of aryl methyl sites for hydroxylation is 1. The first kappa shape index (κ1) is 11.0. The van der Waals surface area contributed by atoms with Gasteiger partial charge in [-0.25, -0.2) is 0 Å². The maximum absolute atomic E-state index is 9.22. The Hall–Kier alpha value is -1.08. The zero-order chi connectivity index (χ0) is 10.4. The van der Waals surface area contributed by atoms with E-state index in [4.69, 9.17) is 0 Å². The number of aliphatic hydroxyl groups excluding tert-OH is 1. The Balaban J connectivity index is 2.90. The molecule has 0 heterocycles. The summed E-state index contributed by atoms with van der Waals surface area (Å²) in [6.07, 6.45) is 6.52. The molecule has 1 N–H and O–H groups in total. The minimum Gasteiger partial charge on any atom is -0.392 e. The average Bonchev–Trinajstić information content (AvgIpc) is 2.18. The van der Waals surface area contributed by atoms with Gasteiger partial charge >= 0.3 is 0 Å². The first-order valence-electron chi connectivity index (χ1n) is 5.15. The highest BCUT2D eigenvalue weighted by Crippen LogP contribution is 2.16. The van der Waals surface area contributed by atoms with Crippen LogP contribution in [0, 0.1) is 6.92 Å². The van der Waals surface area contributed by atoms with E-state index in [1.807, 2.05) is 25.1 Å². The fourth-order valence-corrected chi connectivity index (χ4v) is 1.47. The molecular formula is C13H18O. The summed E-state index contributed by atoms with van der Waals surface area (Å²) in [5.74, 6) is 0. The highest BCUT2D eigenvalue weighted by Gasteiger charge is 2.00. The molecule has 0 aromatic heterocycles. The SMILES string of the molecule is CCC/C=C/c1cccc(C)c1CO. The van der Waals surface area contributed by atoms with Crippen LogP contribution in [0.5, 0.6) is 0 Å². The molecule has 1 nitrogen and oxygen atoms in total. The molecule has 0 aliphatic rings. The van der Waals surface area contributed by atoms with E-state index in [0.717, 1.165) is 29.5 Å². The predicted octanol–water partition coefficient (Wildman–Crippen LogP) is 3.30. The van der Waals surface area contributed by atoms with Crippen LogP contribution < -0.4 is 0 Å². The smallest absolute Gasteiger partial charge is 0.0690 e. The number of allylic oxidation sites excluding steroid dienone is 1. The topological polar surface area (TPSA) is 20.2 Å². The molecule has 1 aromatic rings. The molecule has 1 heteroatoms. The average molecular weight is 190 g/mol. The molecule has 0 atom stereocenters. The lowest BCUT2D eigenvalue weighted by Gasteiger charge is -2.06. The maximum atomic E-state index is 9.22. The van der Waals surface area contributed by atoms with Crippen LogP contribution >= 0.6 is 0 Å². The molecule has 0 bridgehead atoms. The van der Waals surface area contributed by atoms with E-state index in [-0.39, 0.29) is 6.61 Å². The zero-order valence-corrected chi connectivity index (χ0v) is 8.96. The van der Waals surface area contributed by atoms with E-state index < -0.39 is 0 Å². The van der Waals surface area contributed by atoms with Gasteiger partial charge in [-0.15, -0.1) is 0 Å². The Kier molecular flexibility index (Phi) is 4.41. The van der Waals surface area contributed by atoms with Crippen molar-refractivity contribution < 1.29 is 5.11 Å². The first-order chi connectivity index (χ1) is 6.79. The van der Waals surface area contributed by atoms with Gasteiger partial charge < -0.3 is 5.11 Å². The molecule has 0 saturated carbocycles. The number of unbranched alkanes of at least 4 members (excludes halogenated alkanes) is 1. The Labute approximate surface area is 86.1 Å². The largest absolute Gasteiger partial charge is 0.392 e. The summed E-state index contributed by atoms with van der Waals surface area (Å²) in [6, 6.07) is 6.10. The molecule has 0 spiro atoms. The molecule has 1 aromatic carbocycles. The minimum absolute atomic E-state index is 0.123. The second kappa shape index (κ2) is 5.61. The third-order valence-corrected chi connectivity index (χ3v) is 2.36. The lowest BCUT2D eigenvalue weighted by atomic mass is 10.0. The van der Waals surface area contributed by atoms with Gasteiger partial charge in [-0.3, -0.25) is 0 Å². The van der Waals surface area contributed by atoms with Gasteiger partial charge in [0.1, 0.15) is 0 Å². The van der Waals surface area contributed by atoms with Crippen LogP contribution in [-0.2, 0) is 6.61 Å². The highest BCUT2D eigenvalue weighted by molar-refractivity contribution is 5.55. The van der Waals surface area contributed by atoms with Crippen molar-refractivity contribution in [1.29, 1.82) is 0 Å². The fourth-order valence-electron chi connectivity index (χ4n) is 1.47. The summed E-state index contributed by atoms with van der Waals surface area (Å²) in [5.41, 5.74) is 3.34. The van der Waals surface area contributed by atoms with E-state index in [9.17, 15) is 5.11 Å². The normalized spacial score (nSPS) is 11.1. The number of aliphatic hydroxyl groups is 1. The number of rotatable bonds is 4. The molecular weight excluding hydrogens is 172 g/mol. The molecule has 14 heavy (non-hydrogen) atoms. The zero-order valence-electron chi connectivity index (χ0n) is 8.96. The summed E-state index contributed by atoms with van der Waals surface area (Å²) in [4.78, 5) is 0. The molecule has 0 aliphatic carbocycles. The molecule has 0 saturated heterocycles. The summed E-state index contributed by atoms with van der Waals surface area (Å²) in [7, 11) is 0. The van der Waals surface area contributed by atoms with Gasteiger partial charge in [-0.05, 0) is 30.0 Å². The summed E-state index contributed by atoms with van der Waals surface area (Å²) < 4.78 is 0. The van der Waals surface area contributed by atoms with Gasteiger partial charge in [0.15, 0.2) is 0 Å². The molecule has 1 rings (SSSR count). The van der Waals surface area contributed by atoms with Crippen molar-refractivity contribution in [3.8, 4) is 0 Å². The predicted molar refractivity (Wildman–Crippen MR) is 61.0 cm³/mol. The number of hydrogen-bond acceptors (Lipinski definition) is 1. The van der Waals surface area contributed by atoms with Crippen LogP contribution in [0.25, 0.3) is 6.08 Å². The lowest BCUT2D eigenvalue weighted by Crippen LogP contribution is -1.92. The van der Waals surface area contributed by atoms with Crippen molar-refractivity contribution in [2.24, 2.45) is 0 Å². The Morgan fingerprint density at radius 1 is 1.36 bits per heavy atom. The lowest BCUT2D eigenvalue weighted by molar-refractivity contribution is 0.281. The van der Waals surface area contributed by atoms with Crippen molar-refractivity contribution in [3.05, 3.63) is 41.0 Å². The quantitative estimate of drug-likeness (QED) is 0.772. The molecule has 0 radical (unpaired) electrons. The van der Waals surface area contributed by atoms with Crippen LogP contribution in [0.2, 0.25) is 0 Å². The minimum atomic E-state index is 0.123. The Morgan fingerprint density at radius 3 is 2.79 bits per heavy atom. The van der Waals surface area contributed by atoms with Gasteiger partial charge in [0, 0.05) is 0 Å². The summed E-state index contributed by atoms with van der Waals surface area (Å²) >= 11 is 0. The van der Waals surface area contributed by atoms with Gasteiger partial charge in [-0.1, -0.05) is 43.7 Å². The van der Waals surface area contributed by atoms with Crippen LogP contribution in [0.4, 0.5) is 0 Å². The second-order valence-corrected chi connectivity index (χ2v) is 3.49. The van der Waals surface area contributed by atoms with Crippen LogP contribution in [-0.4, -0.2) is 5.11 Å². The number of hydrogen-bond donors (Lipinski definition) is 1. The van der Waals surface area contributed by atoms with Crippen molar-refractivity contribution in [1.82, 2.24) is 0 Å². The van der Waals surface area contributed by atoms with E-state index in [1.54, 1.807) is 0 Å². The molecule has 0 unspecified atom stereocenters. The van der Waals surface area contributed by atoms with E-state index >= 15 is 0 Å². The fraction of sp³-hybridized carbons (Fsp3) is 0.385. The Morgan fingerprint density at radius 2 is 2.14 bits per heavy atom. The number of benzene rings is 1. The van der Waals surface area contributed by atoms with Crippen LogP contribution in [0.1, 0.15) is 36.5 Å². The van der Waals surface area contributed by atoms with E-state index in [0.29, 0.717) is 0 Å². The highest BCUT2D eigenvalue weighted by atomic mass is 16.3. The maximum Gasteiger partial charge on any atom is 0.0690 e. The van der Waals surface area contributed by atoms with E-state index in [2.05, 4.69) is 19.1 Å². The summed E-state index contributed by atoms with van der Waals surface area (Å²) in [5, 5.41) is 9.22. The third-order valence-electron chi connectivity index (χ3n) is 2.36. The van der Waals surface area contributed by atoms with E-state index in [1.165, 1.54) is 0 Å². The second-order valence-electron chi connectivity index (χ2n) is 3.49. The monoisotopic (exact) mass is 190 g/mol. The van der Waals surface area contributed by atoms with Crippen LogP contribution in [0.15, 0.2) is 24.3 Å².